The first kappa shape index (κ1) is 14.2. The van der Waals surface area contributed by atoms with E-state index in [9.17, 15) is 0 Å². The molecule has 0 bridgehead atoms. The van der Waals surface area contributed by atoms with Crippen LogP contribution in [0.1, 0.15) is 29.9 Å². The summed E-state index contributed by atoms with van der Waals surface area (Å²) in [4.78, 5) is 11.6. The average molecular weight is 285 g/mol. The smallest absolute Gasteiger partial charge is 0.0922 e. The van der Waals surface area contributed by atoms with Crippen molar-refractivity contribution in [1.82, 2.24) is 25.1 Å². The van der Waals surface area contributed by atoms with Crippen LogP contribution in [0.2, 0.25) is 0 Å². The van der Waals surface area contributed by atoms with E-state index >= 15 is 0 Å². The van der Waals surface area contributed by atoms with Crippen LogP contribution < -0.4 is 0 Å². The van der Waals surface area contributed by atoms with Gasteiger partial charge in [-0.1, -0.05) is 0 Å². The molecular formula is C16H23N5. The van der Waals surface area contributed by atoms with Crippen molar-refractivity contribution >= 4 is 0 Å². The largest absolute Gasteiger partial charge is 0.306 e. The van der Waals surface area contributed by atoms with Gasteiger partial charge in [-0.2, -0.15) is 5.10 Å². The standard InChI is InChI=1S/C16H23N5/c1-11-16(12(2)20-19-11)15-10-17-14(9-18-15)8-13-4-6-21(3)7-5-13/h9-10,13H,4-8H2,1-3H3,(H,19,20). The lowest BCUT2D eigenvalue weighted by molar-refractivity contribution is 0.218. The molecule has 0 unspecified atom stereocenters. The van der Waals surface area contributed by atoms with Gasteiger partial charge in [-0.3, -0.25) is 15.1 Å². The quantitative estimate of drug-likeness (QED) is 0.940. The van der Waals surface area contributed by atoms with E-state index in [1.807, 2.05) is 26.2 Å². The number of H-pyrrole nitrogens is 1. The maximum atomic E-state index is 4.61. The van der Waals surface area contributed by atoms with Crippen LogP contribution >= 0.6 is 0 Å². The summed E-state index contributed by atoms with van der Waals surface area (Å²) in [6.07, 6.45) is 7.39. The van der Waals surface area contributed by atoms with Crippen LogP contribution in [0.5, 0.6) is 0 Å². The van der Waals surface area contributed by atoms with Crippen molar-refractivity contribution in [3.05, 3.63) is 29.5 Å². The third-order valence-corrected chi connectivity index (χ3v) is 4.43. The van der Waals surface area contributed by atoms with Crippen molar-refractivity contribution in [2.45, 2.75) is 33.1 Å². The van der Waals surface area contributed by atoms with Crippen molar-refractivity contribution in [3.63, 3.8) is 0 Å². The Morgan fingerprint density at radius 2 is 1.95 bits per heavy atom. The van der Waals surface area contributed by atoms with E-state index in [1.54, 1.807) is 0 Å². The molecule has 5 heteroatoms. The maximum absolute atomic E-state index is 4.61. The predicted octanol–water partition coefficient (Wildman–Crippen LogP) is 2.37. The number of aryl methyl sites for hydroxylation is 2. The lowest BCUT2D eigenvalue weighted by atomic mass is 9.92. The Morgan fingerprint density at radius 3 is 2.52 bits per heavy atom. The number of likely N-dealkylation sites (tertiary alicyclic amines) is 1. The van der Waals surface area contributed by atoms with E-state index in [0.29, 0.717) is 0 Å². The molecule has 1 fully saturated rings. The Morgan fingerprint density at radius 1 is 1.19 bits per heavy atom. The summed E-state index contributed by atoms with van der Waals surface area (Å²) in [5, 5.41) is 7.22. The molecule has 0 aliphatic carbocycles. The van der Waals surface area contributed by atoms with Crippen LogP contribution in [0.15, 0.2) is 12.4 Å². The molecule has 2 aromatic heterocycles. The number of rotatable bonds is 3. The normalized spacial score (nSPS) is 17.3. The molecule has 21 heavy (non-hydrogen) atoms. The number of nitrogens with zero attached hydrogens (tertiary/aromatic N) is 4. The van der Waals surface area contributed by atoms with E-state index in [4.69, 9.17) is 0 Å². The van der Waals surface area contributed by atoms with Crippen molar-refractivity contribution in [2.75, 3.05) is 20.1 Å². The van der Waals surface area contributed by atoms with Crippen molar-refractivity contribution in [3.8, 4) is 11.3 Å². The highest BCUT2D eigenvalue weighted by atomic mass is 15.1. The molecule has 0 radical (unpaired) electrons. The topological polar surface area (TPSA) is 57.7 Å². The molecule has 3 heterocycles. The second-order valence-corrected chi connectivity index (χ2v) is 6.15. The number of hydrogen-bond donors (Lipinski definition) is 1. The minimum absolute atomic E-state index is 0.749. The van der Waals surface area contributed by atoms with Crippen LogP contribution in [0.25, 0.3) is 11.3 Å². The Bertz CT molecular complexity index is 574. The predicted molar refractivity (Wildman–Crippen MR) is 83.0 cm³/mol. The molecular weight excluding hydrogens is 262 g/mol. The van der Waals surface area contributed by atoms with E-state index in [2.05, 4.69) is 32.1 Å². The fourth-order valence-electron chi connectivity index (χ4n) is 3.08. The molecule has 0 atom stereocenters. The Kier molecular flexibility index (Phi) is 4.01. The fourth-order valence-corrected chi connectivity index (χ4v) is 3.08. The first-order valence-corrected chi connectivity index (χ1v) is 7.65. The lowest BCUT2D eigenvalue weighted by Gasteiger charge is -2.28. The zero-order valence-electron chi connectivity index (χ0n) is 13.1. The molecule has 3 rings (SSSR count). The van der Waals surface area contributed by atoms with E-state index < -0.39 is 0 Å². The van der Waals surface area contributed by atoms with Gasteiger partial charge in [-0.15, -0.1) is 0 Å². The first-order valence-electron chi connectivity index (χ1n) is 7.65. The summed E-state index contributed by atoms with van der Waals surface area (Å²) in [5.41, 5.74) is 5.11. The summed E-state index contributed by atoms with van der Waals surface area (Å²) in [7, 11) is 2.19. The van der Waals surface area contributed by atoms with Gasteiger partial charge in [-0.05, 0) is 59.2 Å². The summed E-state index contributed by atoms with van der Waals surface area (Å²) < 4.78 is 0. The van der Waals surface area contributed by atoms with Gasteiger partial charge < -0.3 is 4.90 Å². The van der Waals surface area contributed by atoms with Crippen LogP contribution in [0.4, 0.5) is 0 Å². The van der Waals surface area contributed by atoms with E-state index in [0.717, 1.165) is 40.7 Å². The summed E-state index contributed by atoms with van der Waals surface area (Å²) in [6, 6.07) is 0. The van der Waals surface area contributed by atoms with Crippen molar-refractivity contribution in [1.29, 1.82) is 0 Å². The molecule has 1 aliphatic rings. The molecule has 1 saturated heterocycles. The third kappa shape index (κ3) is 3.13. The maximum Gasteiger partial charge on any atom is 0.0922 e. The van der Waals surface area contributed by atoms with Gasteiger partial charge in [0.1, 0.15) is 0 Å². The van der Waals surface area contributed by atoms with E-state index in [1.165, 1.54) is 25.9 Å². The van der Waals surface area contributed by atoms with Crippen molar-refractivity contribution in [2.24, 2.45) is 5.92 Å². The molecule has 2 aromatic rings. The van der Waals surface area contributed by atoms with Crippen LogP contribution in [-0.4, -0.2) is 45.2 Å². The van der Waals surface area contributed by atoms with Crippen LogP contribution in [0.3, 0.4) is 0 Å². The van der Waals surface area contributed by atoms with Gasteiger partial charge in [-0.25, -0.2) is 0 Å². The van der Waals surface area contributed by atoms with Crippen molar-refractivity contribution < 1.29 is 0 Å². The lowest BCUT2D eigenvalue weighted by Crippen LogP contribution is -2.31. The molecule has 0 saturated carbocycles. The molecule has 0 spiro atoms. The van der Waals surface area contributed by atoms with E-state index in [-0.39, 0.29) is 0 Å². The SMILES string of the molecule is Cc1n[nH]c(C)c1-c1cnc(CC2CCN(C)CC2)cn1. The minimum atomic E-state index is 0.749. The second kappa shape index (κ2) is 5.93. The third-order valence-electron chi connectivity index (χ3n) is 4.43. The molecule has 0 amide bonds. The Hall–Kier alpha value is -1.75. The number of hydrogen-bond acceptors (Lipinski definition) is 4. The average Bonchev–Trinajstić information content (AvgIpc) is 2.82. The summed E-state index contributed by atoms with van der Waals surface area (Å²) >= 11 is 0. The van der Waals surface area contributed by atoms with Gasteiger partial charge in [0.2, 0.25) is 0 Å². The molecule has 1 N–H and O–H groups in total. The van der Waals surface area contributed by atoms with Gasteiger partial charge in [0.15, 0.2) is 0 Å². The molecule has 0 aromatic carbocycles. The molecule has 1 aliphatic heterocycles. The fraction of sp³-hybridized carbons (Fsp3) is 0.562. The Labute approximate surface area is 125 Å². The van der Waals surface area contributed by atoms with Gasteiger partial charge in [0, 0.05) is 17.5 Å². The highest BCUT2D eigenvalue weighted by Crippen LogP contribution is 2.24. The monoisotopic (exact) mass is 285 g/mol. The van der Waals surface area contributed by atoms with Crippen LogP contribution in [0, 0.1) is 19.8 Å². The molecule has 5 nitrogen and oxygen atoms in total. The molecule has 112 valence electrons. The van der Waals surface area contributed by atoms with Gasteiger partial charge in [0.25, 0.3) is 0 Å². The minimum Gasteiger partial charge on any atom is -0.306 e. The number of nitrogens with one attached hydrogen (secondary N) is 1. The number of piperidine rings is 1. The highest BCUT2D eigenvalue weighted by molar-refractivity contribution is 5.63. The zero-order chi connectivity index (χ0) is 14.8. The second-order valence-electron chi connectivity index (χ2n) is 6.15. The highest BCUT2D eigenvalue weighted by Gasteiger charge is 2.18. The zero-order valence-corrected chi connectivity index (χ0v) is 13.1. The number of aromatic nitrogens is 4. The van der Waals surface area contributed by atoms with Crippen LogP contribution in [-0.2, 0) is 6.42 Å². The van der Waals surface area contributed by atoms with Gasteiger partial charge in [0.05, 0.1) is 23.3 Å². The Balaban J connectivity index is 1.70. The van der Waals surface area contributed by atoms with Gasteiger partial charge >= 0.3 is 0 Å². The number of aromatic amines is 1. The first-order chi connectivity index (χ1) is 10.1. The summed E-state index contributed by atoms with van der Waals surface area (Å²) in [5.74, 6) is 0.749. The summed E-state index contributed by atoms with van der Waals surface area (Å²) in [6.45, 7) is 6.41.